The Balaban J connectivity index is 1.41. The Morgan fingerprint density at radius 3 is 2.30 bits per heavy atom. The summed E-state index contributed by atoms with van der Waals surface area (Å²) in [6.45, 7) is 7.51. The van der Waals surface area contributed by atoms with Gasteiger partial charge in [-0.25, -0.2) is 0 Å². The average Bonchev–Trinajstić information content (AvgIpc) is 3.01. The summed E-state index contributed by atoms with van der Waals surface area (Å²) < 4.78 is 0. The summed E-state index contributed by atoms with van der Waals surface area (Å²) in [6, 6.07) is 10.2. The minimum absolute atomic E-state index is 0.701. The molecule has 1 aromatic carbocycles. The first-order valence-corrected chi connectivity index (χ1v) is 8.19. The highest BCUT2D eigenvalue weighted by Crippen LogP contribution is 2.26. The second kappa shape index (κ2) is 6.73. The third-order valence-electron chi connectivity index (χ3n) is 4.99. The molecule has 0 spiro atoms. The normalized spacial score (nSPS) is 22.4. The van der Waals surface area contributed by atoms with Crippen molar-refractivity contribution >= 4 is 0 Å². The summed E-state index contributed by atoms with van der Waals surface area (Å²) in [7, 11) is 0. The first-order valence-electron chi connectivity index (χ1n) is 8.19. The molecular formula is C18H27N2. The van der Waals surface area contributed by atoms with Crippen molar-refractivity contribution in [3.05, 3.63) is 42.3 Å². The van der Waals surface area contributed by atoms with E-state index < -0.39 is 0 Å². The lowest BCUT2D eigenvalue weighted by atomic mass is 10.0. The van der Waals surface area contributed by atoms with Gasteiger partial charge in [0.2, 0.25) is 0 Å². The maximum atomic E-state index is 3.93. The molecule has 1 saturated carbocycles. The van der Waals surface area contributed by atoms with Crippen LogP contribution in [-0.2, 0) is 6.54 Å². The fourth-order valence-corrected chi connectivity index (χ4v) is 3.66. The van der Waals surface area contributed by atoms with Crippen LogP contribution < -0.4 is 5.32 Å². The first kappa shape index (κ1) is 14.1. The van der Waals surface area contributed by atoms with Gasteiger partial charge in [0.15, 0.2) is 0 Å². The lowest BCUT2D eigenvalue weighted by molar-refractivity contribution is 0.144. The van der Waals surface area contributed by atoms with E-state index in [2.05, 4.69) is 41.4 Å². The van der Waals surface area contributed by atoms with Crippen LogP contribution in [0, 0.1) is 6.92 Å². The fourth-order valence-electron chi connectivity index (χ4n) is 3.66. The number of piperidine rings is 1. The number of nitrogens with one attached hydrogen (secondary N) is 1. The van der Waals surface area contributed by atoms with Crippen molar-refractivity contribution in [3.63, 3.8) is 0 Å². The van der Waals surface area contributed by atoms with Crippen molar-refractivity contribution < 1.29 is 0 Å². The van der Waals surface area contributed by atoms with E-state index in [1.165, 1.54) is 57.2 Å². The molecule has 0 amide bonds. The van der Waals surface area contributed by atoms with Crippen LogP contribution in [0.2, 0.25) is 0 Å². The zero-order chi connectivity index (χ0) is 13.8. The molecule has 1 saturated heterocycles. The lowest BCUT2D eigenvalue weighted by Crippen LogP contribution is -2.45. The molecule has 1 aromatic rings. The van der Waals surface area contributed by atoms with Gasteiger partial charge in [0, 0.05) is 18.6 Å². The Bertz CT molecular complexity index is 398. The number of likely N-dealkylation sites (tertiary alicyclic amines) is 1. The molecule has 0 atom stereocenters. The van der Waals surface area contributed by atoms with Crippen molar-refractivity contribution in [3.8, 4) is 0 Å². The molecule has 20 heavy (non-hydrogen) atoms. The van der Waals surface area contributed by atoms with Gasteiger partial charge in [0.05, 0.1) is 0 Å². The Morgan fingerprint density at radius 1 is 1.00 bits per heavy atom. The second-order valence-electron chi connectivity index (χ2n) is 6.45. The maximum absolute atomic E-state index is 3.93. The van der Waals surface area contributed by atoms with E-state index in [1.54, 1.807) is 0 Å². The Morgan fingerprint density at radius 2 is 1.65 bits per heavy atom. The maximum Gasteiger partial charge on any atom is 0.0208 e. The molecule has 1 aliphatic heterocycles. The van der Waals surface area contributed by atoms with Crippen LogP contribution in [-0.4, -0.2) is 30.1 Å². The molecule has 3 rings (SSSR count). The number of nitrogens with zero attached hydrogens (tertiary/aromatic N) is 1. The highest BCUT2D eigenvalue weighted by Gasteiger charge is 2.26. The SMILES string of the molecule is [CH2]c1ccc(CNC2CCN(C3CCCC3)CC2)cc1. The fraction of sp³-hybridized carbons (Fsp3) is 0.611. The zero-order valence-electron chi connectivity index (χ0n) is 12.5. The molecular weight excluding hydrogens is 244 g/mol. The Hall–Kier alpha value is -0.860. The molecule has 2 heteroatoms. The Kier molecular flexibility index (Phi) is 4.74. The van der Waals surface area contributed by atoms with Crippen molar-refractivity contribution in [2.75, 3.05) is 13.1 Å². The third kappa shape index (κ3) is 3.62. The van der Waals surface area contributed by atoms with Crippen molar-refractivity contribution in [1.82, 2.24) is 10.2 Å². The first-order chi connectivity index (χ1) is 9.81. The van der Waals surface area contributed by atoms with Crippen molar-refractivity contribution in [1.29, 1.82) is 0 Å². The van der Waals surface area contributed by atoms with Gasteiger partial charge in [0.25, 0.3) is 0 Å². The minimum Gasteiger partial charge on any atom is -0.310 e. The number of rotatable bonds is 4. The molecule has 0 bridgehead atoms. The average molecular weight is 271 g/mol. The molecule has 1 radical (unpaired) electrons. The number of hydrogen-bond donors (Lipinski definition) is 1. The van der Waals surface area contributed by atoms with Gasteiger partial charge in [-0.05, 0) is 56.8 Å². The highest BCUT2D eigenvalue weighted by molar-refractivity contribution is 5.24. The van der Waals surface area contributed by atoms with E-state index in [1.807, 2.05) is 0 Å². The molecule has 0 unspecified atom stereocenters. The van der Waals surface area contributed by atoms with Gasteiger partial charge in [-0.3, -0.25) is 0 Å². The summed E-state index contributed by atoms with van der Waals surface area (Å²) in [5.41, 5.74) is 2.47. The summed E-state index contributed by atoms with van der Waals surface area (Å²) in [5, 5.41) is 3.72. The topological polar surface area (TPSA) is 15.3 Å². The van der Waals surface area contributed by atoms with Crippen LogP contribution in [0.25, 0.3) is 0 Å². The van der Waals surface area contributed by atoms with Gasteiger partial charge in [-0.2, -0.15) is 0 Å². The van der Waals surface area contributed by atoms with Gasteiger partial charge < -0.3 is 10.2 Å². The second-order valence-corrected chi connectivity index (χ2v) is 6.45. The number of benzene rings is 1. The van der Waals surface area contributed by atoms with E-state index in [9.17, 15) is 0 Å². The smallest absolute Gasteiger partial charge is 0.0208 e. The van der Waals surface area contributed by atoms with Crippen LogP contribution in [0.15, 0.2) is 24.3 Å². The predicted molar refractivity (Wildman–Crippen MR) is 84.6 cm³/mol. The van der Waals surface area contributed by atoms with Crippen LogP contribution in [0.3, 0.4) is 0 Å². The van der Waals surface area contributed by atoms with E-state index in [4.69, 9.17) is 0 Å². The van der Waals surface area contributed by atoms with Crippen molar-refractivity contribution in [2.45, 2.75) is 57.2 Å². The summed E-state index contributed by atoms with van der Waals surface area (Å²) in [6.07, 6.45) is 8.40. The molecule has 2 aliphatic rings. The van der Waals surface area contributed by atoms with Crippen LogP contribution in [0.5, 0.6) is 0 Å². The lowest BCUT2D eigenvalue weighted by Gasteiger charge is -2.36. The molecule has 109 valence electrons. The van der Waals surface area contributed by atoms with Gasteiger partial charge in [0.1, 0.15) is 0 Å². The quantitative estimate of drug-likeness (QED) is 0.903. The molecule has 1 heterocycles. The van der Waals surface area contributed by atoms with Gasteiger partial charge in [-0.1, -0.05) is 37.1 Å². The molecule has 0 aromatic heterocycles. The van der Waals surface area contributed by atoms with E-state index in [-0.39, 0.29) is 0 Å². The van der Waals surface area contributed by atoms with Crippen LogP contribution in [0.4, 0.5) is 0 Å². The molecule has 1 N–H and O–H groups in total. The van der Waals surface area contributed by atoms with Gasteiger partial charge >= 0.3 is 0 Å². The molecule has 2 fully saturated rings. The highest BCUT2D eigenvalue weighted by atomic mass is 15.2. The number of hydrogen-bond acceptors (Lipinski definition) is 2. The molecule has 1 aliphatic carbocycles. The van der Waals surface area contributed by atoms with Crippen molar-refractivity contribution in [2.24, 2.45) is 0 Å². The summed E-state index contributed by atoms with van der Waals surface area (Å²) in [4.78, 5) is 2.74. The van der Waals surface area contributed by atoms with E-state index >= 15 is 0 Å². The third-order valence-corrected chi connectivity index (χ3v) is 4.99. The summed E-state index contributed by atoms with van der Waals surface area (Å²) >= 11 is 0. The minimum atomic E-state index is 0.701. The van der Waals surface area contributed by atoms with Gasteiger partial charge in [-0.15, -0.1) is 0 Å². The summed E-state index contributed by atoms with van der Waals surface area (Å²) in [5.74, 6) is 0. The standard InChI is InChI=1S/C18H27N2/c1-15-6-8-16(9-7-15)14-19-17-10-12-20(13-11-17)18-4-2-3-5-18/h6-9,17-19H,1-5,10-14H2. The Labute approximate surface area is 123 Å². The molecule has 2 nitrogen and oxygen atoms in total. The largest absolute Gasteiger partial charge is 0.310 e. The van der Waals surface area contributed by atoms with E-state index in [0.29, 0.717) is 6.04 Å². The van der Waals surface area contributed by atoms with Crippen LogP contribution >= 0.6 is 0 Å². The zero-order valence-corrected chi connectivity index (χ0v) is 12.5. The van der Waals surface area contributed by atoms with E-state index in [0.717, 1.165) is 18.2 Å². The van der Waals surface area contributed by atoms with Crippen LogP contribution in [0.1, 0.15) is 49.7 Å². The monoisotopic (exact) mass is 271 g/mol. The predicted octanol–water partition coefficient (Wildman–Crippen LogP) is 3.37.